The summed E-state index contributed by atoms with van der Waals surface area (Å²) in [6.07, 6.45) is 7.75. The molecule has 150 valence electrons. The van der Waals surface area contributed by atoms with Gasteiger partial charge in [0.2, 0.25) is 5.95 Å². The van der Waals surface area contributed by atoms with Crippen molar-refractivity contribution in [2.45, 2.75) is 37.8 Å². The van der Waals surface area contributed by atoms with Crippen LogP contribution in [0, 0.1) is 0 Å². The van der Waals surface area contributed by atoms with Crippen molar-refractivity contribution in [3.05, 3.63) is 48.4 Å². The molecule has 0 unspecified atom stereocenters. The number of carbonyl (C=O) groups is 1. The first-order chi connectivity index (χ1) is 14.1. The number of nitrogens with two attached hydrogens (primary N) is 1. The highest BCUT2D eigenvalue weighted by molar-refractivity contribution is 5.98. The maximum absolute atomic E-state index is 11.8. The molecule has 10 nitrogen and oxygen atoms in total. The predicted molar refractivity (Wildman–Crippen MR) is 107 cm³/mol. The molecule has 0 bridgehead atoms. The Hall–Kier alpha value is -3.53. The summed E-state index contributed by atoms with van der Waals surface area (Å²) in [6.45, 7) is 0. The number of hydrogen-bond donors (Lipinski definition) is 4. The van der Waals surface area contributed by atoms with Gasteiger partial charge in [-0.2, -0.15) is 20.0 Å². The topological polar surface area (TPSA) is 144 Å². The molecule has 0 spiro atoms. The van der Waals surface area contributed by atoms with Gasteiger partial charge in [-0.25, -0.2) is 4.98 Å². The Morgan fingerprint density at radius 3 is 2.76 bits per heavy atom. The highest BCUT2D eigenvalue weighted by Crippen LogP contribution is 2.24. The first kappa shape index (κ1) is 18.8. The van der Waals surface area contributed by atoms with Crippen molar-refractivity contribution in [2.75, 3.05) is 10.6 Å². The summed E-state index contributed by atoms with van der Waals surface area (Å²) in [5, 5.41) is 24.7. The standard InChI is InChI=1S/C19H22N8O2/c20-17(29)14-11-21-19(25-15-6-1-2-7-16(15)28)26-18(14)24-12-4-3-5-13(10-12)27-22-8-9-23-27/h3-5,8-11,15-16,28H,1-2,6-7H2,(H2,20,29)(H2,21,24,25,26)/t15-,16+/m1/s1. The lowest BCUT2D eigenvalue weighted by Gasteiger charge is -2.28. The average molecular weight is 394 g/mol. The number of hydrogen-bond acceptors (Lipinski definition) is 8. The van der Waals surface area contributed by atoms with Crippen LogP contribution < -0.4 is 16.4 Å². The van der Waals surface area contributed by atoms with Gasteiger partial charge in [-0.05, 0) is 31.0 Å². The fourth-order valence-electron chi connectivity index (χ4n) is 3.37. The highest BCUT2D eigenvalue weighted by atomic mass is 16.3. The Morgan fingerprint density at radius 2 is 2.00 bits per heavy atom. The lowest BCUT2D eigenvalue weighted by Crippen LogP contribution is -2.37. The maximum Gasteiger partial charge on any atom is 0.254 e. The zero-order valence-corrected chi connectivity index (χ0v) is 15.7. The Kier molecular flexibility index (Phi) is 5.34. The van der Waals surface area contributed by atoms with Gasteiger partial charge in [-0.1, -0.05) is 18.9 Å². The third-order valence-corrected chi connectivity index (χ3v) is 4.86. The van der Waals surface area contributed by atoms with Crippen molar-refractivity contribution in [3.8, 4) is 5.69 Å². The fraction of sp³-hybridized carbons (Fsp3) is 0.316. The lowest BCUT2D eigenvalue weighted by molar-refractivity contribution is 0.1000. The molecule has 1 aromatic carbocycles. The number of nitrogens with one attached hydrogen (secondary N) is 2. The molecule has 0 saturated heterocycles. The zero-order valence-electron chi connectivity index (χ0n) is 15.7. The van der Waals surface area contributed by atoms with E-state index in [1.165, 1.54) is 11.0 Å². The number of benzene rings is 1. The fourth-order valence-corrected chi connectivity index (χ4v) is 3.37. The van der Waals surface area contributed by atoms with Crippen LogP contribution in [0.1, 0.15) is 36.0 Å². The maximum atomic E-state index is 11.8. The van der Waals surface area contributed by atoms with Gasteiger partial charge in [-0.15, -0.1) is 0 Å². The number of aliphatic hydroxyl groups excluding tert-OH is 1. The molecule has 1 fully saturated rings. The van der Waals surface area contributed by atoms with Gasteiger partial charge < -0.3 is 21.5 Å². The van der Waals surface area contributed by atoms with Gasteiger partial charge in [0.1, 0.15) is 11.4 Å². The van der Waals surface area contributed by atoms with Gasteiger partial charge in [-0.3, -0.25) is 4.79 Å². The van der Waals surface area contributed by atoms with Crippen LogP contribution in [0.15, 0.2) is 42.9 Å². The van der Waals surface area contributed by atoms with Gasteiger partial charge in [0.25, 0.3) is 5.91 Å². The second-order valence-electron chi connectivity index (χ2n) is 6.92. The molecular weight excluding hydrogens is 372 g/mol. The van der Waals surface area contributed by atoms with Gasteiger partial charge in [0.15, 0.2) is 0 Å². The first-order valence-corrected chi connectivity index (χ1v) is 9.45. The largest absolute Gasteiger partial charge is 0.391 e. The van der Waals surface area contributed by atoms with Crippen LogP contribution in [0.25, 0.3) is 5.69 Å². The van der Waals surface area contributed by atoms with Crippen LogP contribution in [0.2, 0.25) is 0 Å². The van der Waals surface area contributed by atoms with Gasteiger partial charge in [0, 0.05) is 11.9 Å². The molecule has 1 aliphatic rings. The van der Waals surface area contributed by atoms with Crippen molar-refractivity contribution in [2.24, 2.45) is 5.73 Å². The van der Waals surface area contributed by atoms with Crippen molar-refractivity contribution in [1.29, 1.82) is 0 Å². The molecule has 10 heteroatoms. The molecule has 2 aromatic heterocycles. The van der Waals surface area contributed by atoms with Crippen LogP contribution in [0.4, 0.5) is 17.5 Å². The minimum Gasteiger partial charge on any atom is -0.391 e. The molecular formula is C19H22N8O2. The molecule has 2 heterocycles. The number of carbonyl (C=O) groups excluding carboxylic acids is 1. The van der Waals surface area contributed by atoms with Crippen LogP contribution in [0.5, 0.6) is 0 Å². The van der Waals surface area contributed by atoms with E-state index in [1.54, 1.807) is 12.4 Å². The third-order valence-electron chi connectivity index (χ3n) is 4.86. The quantitative estimate of drug-likeness (QED) is 0.494. The van der Waals surface area contributed by atoms with Gasteiger partial charge in [0.05, 0.1) is 30.2 Å². The van der Waals surface area contributed by atoms with Crippen molar-refractivity contribution in [3.63, 3.8) is 0 Å². The van der Waals surface area contributed by atoms with Crippen LogP contribution in [0.3, 0.4) is 0 Å². The highest BCUT2D eigenvalue weighted by Gasteiger charge is 2.24. The van der Waals surface area contributed by atoms with E-state index in [9.17, 15) is 9.90 Å². The molecule has 5 N–H and O–H groups in total. The monoisotopic (exact) mass is 394 g/mol. The van der Waals surface area contributed by atoms with Crippen LogP contribution in [-0.4, -0.2) is 48.1 Å². The molecule has 29 heavy (non-hydrogen) atoms. The average Bonchev–Trinajstić information content (AvgIpc) is 3.25. The smallest absolute Gasteiger partial charge is 0.254 e. The normalized spacial score (nSPS) is 18.9. The third kappa shape index (κ3) is 4.32. The molecule has 1 aliphatic carbocycles. The summed E-state index contributed by atoms with van der Waals surface area (Å²) in [5.74, 6) is -0.0270. The van der Waals surface area contributed by atoms with Crippen LogP contribution in [-0.2, 0) is 0 Å². The van der Waals surface area contributed by atoms with E-state index in [2.05, 4.69) is 30.8 Å². The van der Waals surface area contributed by atoms with E-state index >= 15 is 0 Å². The lowest BCUT2D eigenvalue weighted by atomic mass is 9.93. The number of aliphatic hydroxyl groups is 1. The summed E-state index contributed by atoms with van der Waals surface area (Å²) >= 11 is 0. The van der Waals surface area contributed by atoms with E-state index in [1.807, 2.05) is 24.3 Å². The summed E-state index contributed by atoms with van der Waals surface area (Å²) in [4.78, 5) is 21.9. The number of rotatable bonds is 6. The van der Waals surface area contributed by atoms with Crippen molar-refractivity contribution >= 4 is 23.4 Å². The molecule has 0 radical (unpaired) electrons. The minimum atomic E-state index is -0.637. The molecule has 4 rings (SSSR count). The molecule has 1 amide bonds. The molecule has 0 aliphatic heterocycles. The Labute approximate surface area is 167 Å². The Morgan fingerprint density at radius 1 is 1.21 bits per heavy atom. The van der Waals surface area contributed by atoms with E-state index in [4.69, 9.17) is 5.73 Å². The number of nitrogens with zero attached hydrogens (tertiary/aromatic N) is 5. The summed E-state index contributed by atoms with van der Waals surface area (Å²) < 4.78 is 0. The minimum absolute atomic E-state index is 0.120. The number of primary amides is 1. The second-order valence-corrected chi connectivity index (χ2v) is 6.92. The van der Waals surface area contributed by atoms with Gasteiger partial charge >= 0.3 is 0 Å². The van der Waals surface area contributed by atoms with Crippen LogP contribution >= 0.6 is 0 Å². The van der Waals surface area contributed by atoms with E-state index in [0.717, 1.165) is 31.4 Å². The summed E-state index contributed by atoms with van der Waals surface area (Å²) in [7, 11) is 0. The van der Waals surface area contributed by atoms with E-state index in [-0.39, 0.29) is 17.4 Å². The van der Waals surface area contributed by atoms with E-state index < -0.39 is 12.0 Å². The summed E-state index contributed by atoms with van der Waals surface area (Å²) in [5.41, 5.74) is 7.09. The summed E-state index contributed by atoms with van der Waals surface area (Å²) in [6, 6.07) is 7.23. The van der Waals surface area contributed by atoms with Crippen molar-refractivity contribution < 1.29 is 9.90 Å². The first-order valence-electron chi connectivity index (χ1n) is 9.45. The van der Waals surface area contributed by atoms with Crippen molar-refractivity contribution in [1.82, 2.24) is 25.0 Å². The predicted octanol–water partition coefficient (Wildman–Crippen LogP) is 1.62. The number of aromatic nitrogens is 5. The second kappa shape index (κ2) is 8.23. The zero-order chi connectivity index (χ0) is 20.2. The van der Waals surface area contributed by atoms with E-state index in [0.29, 0.717) is 11.6 Å². The number of amides is 1. The molecule has 3 aromatic rings. The molecule has 2 atom stereocenters. The Bertz CT molecular complexity index is 992. The Balaban J connectivity index is 1.60. The SMILES string of the molecule is NC(=O)c1cnc(N[C@@H]2CCCC[C@@H]2O)nc1Nc1cccc(-n2nccn2)c1. The molecule has 1 saturated carbocycles. The number of anilines is 3.